The average molecular weight is 288 g/mol. The molecule has 0 spiro atoms. The fraction of sp³-hybridized carbons (Fsp3) is 0.786. The second-order valence-electron chi connectivity index (χ2n) is 5.32. The zero-order valence-electron chi connectivity index (χ0n) is 11.9. The first-order valence-corrected chi connectivity index (χ1v) is 6.99. The molecule has 3 N–H and O–H groups in total. The Morgan fingerprint density at radius 2 is 1.50 bits per heavy atom. The van der Waals surface area contributed by atoms with Crippen molar-refractivity contribution in [3.05, 3.63) is 0 Å². The molecule has 0 aliphatic heterocycles. The van der Waals surface area contributed by atoms with Gasteiger partial charge in [-0.3, -0.25) is 14.4 Å². The van der Waals surface area contributed by atoms with E-state index in [2.05, 4.69) is 0 Å². The molecule has 2 atom stereocenters. The van der Waals surface area contributed by atoms with Crippen LogP contribution in [0.5, 0.6) is 0 Å². The van der Waals surface area contributed by atoms with Crippen LogP contribution in [0.1, 0.15) is 58.3 Å². The third-order valence-corrected chi connectivity index (χ3v) is 3.29. The van der Waals surface area contributed by atoms with E-state index in [-0.39, 0.29) is 18.8 Å². The molecule has 0 heterocycles. The van der Waals surface area contributed by atoms with Gasteiger partial charge in [0.1, 0.15) is 0 Å². The van der Waals surface area contributed by atoms with Gasteiger partial charge in [-0.1, -0.05) is 32.6 Å². The Bertz CT molecular complexity index is 326. The van der Waals surface area contributed by atoms with Crippen LogP contribution >= 0.6 is 0 Å². The van der Waals surface area contributed by atoms with Crippen molar-refractivity contribution in [2.75, 3.05) is 0 Å². The summed E-state index contributed by atoms with van der Waals surface area (Å²) in [5, 5.41) is 26.1. The molecule has 0 aromatic carbocycles. The van der Waals surface area contributed by atoms with Crippen molar-refractivity contribution < 1.29 is 29.7 Å². The van der Waals surface area contributed by atoms with Gasteiger partial charge in [-0.15, -0.1) is 0 Å². The van der Waals surface area contributed by atoms with Gasteiger partial charge in [0, 0.05) is 6.42 Å². The second kappa shape index (κ2) is 10.2. The van der Waals surface area contributed by atoms with E-state index >= 15 is 0 Å². The SMILES string of the molecule is CC(CCCCCCC(=O)O)CC(CC(=O)O)C(=O)O. The van der Waals surface area contributed by atoms with Crippen molar-refractivity contribution in [2.24, 2.45) is 11.8 Å². The summed E-state index contributed by atoms with van der Waals surface area (Å²) in [5.74, 6) is -3.58. The Labute approximate surface area is 118 Å². The molecule has 0 fully saturated rings. The van der Waals surface area contributed by atoms with Crippen LogP contribution in [0.4, 0.5) is 0 Å². The number of hydrogen-bond acceptors (Lipinski definition) is 3. The third kappa shape index (κ3) is 10.3. The van der Waals surface area contributed by atoms with Crippen LogP contribution in [0.2, 0.25) is 0 Å². The van der Waals surface area contributed by atoms with E-state index in [1.165, 1.54) is 0 Å². The average Bonchev–Trinajstić information content (AvgIpc) is 2.31. The molecule has 20 heavy (non-hydrogen) atoms. The fourth-order valence-electron chi connectivity index (χ4n) is 2.21. The monoisotopic (exact) mass is 288 g/mol. The highest BCUT2D eigenvalue weighted by atomic mass is 16.4. The smallest absolute Gasteiger partial charge is 0.307 e. The second-order valence-corrected chi connectivity index (χ2v) is 5.32. The van der Waals surface area contributed by atoms with E-state index < -0.39 is 23.8 Å². The maximum absolute atomic E-state index is 10.9. The van der Waals surface area contributed by atoms with Gasteiger partial charge < -0.3 is 15.3 Å². The fourth-order valence-corrected chi connectivity index (χ4v) is 2.21. The molecule has 0 amide bonds. The molecule has 0 rings (SSSR count). The number of hydrogen-bond donors (Lipinski definition) is 3. The first-order valence-electron chi connectivity index (χ1n) is 6.99. The molecule has 0 radical (unpaired) electrons. The predicted octanol–water partition coefficient (Wildman–Crippen LogP) is 2.61. The van der Waals surface area contributed by atoms with Crippen LogP contribution < -0.4 is 0 Å². The Hall–Kier alpha value is -1.59. The van der Waals surface area contributed by atoms with Crippen molar-refractivity contribution in [2.45, 2.75) is 58.3 Å². The van der Waals surface area contributed by atoms with Crippen LogP contribution in [-0.2, 0) is 14.4 Å². The molecular formula is C14H24O6. The number of aliphatic carboxylic acids is 3. The first kappa shape index (κ1) is 18.4. The standard InChI is InChI=1S/C14H24O6/c1-10(6-4-2-3-5-7-12(15)16)8-11(14(19)20)9-13(17)18/h10-11H,2-9H2,1H3,(H,15,16)(H,17,18)(H,19,20). The minimum absolute atomic E-state index is 0.162. The van der Waals surface area contributed by atoms with E-state index in [1.807, 2.05) is 6.92 Å². The Balaban J connectivity index is 3.79. The van der Waals surface area contributed by atoms with Crippen molar-refractivity contribution >= 4 is 17.9 Å². The molecule has 0 aliphatic carbocycles. The Kier molecular flexibility index (Phi) is 9.41. The molecule has 2 unspecified atom stereocenters. The quantitative estimate of drug-likeness (QED) is 0.476. The van der Waals surface area contributed by atoms with Crippen LogP contribution in [0, 0.1) is 11.8 Å². The molecule has 0 saturated carbocycles. The summed E-state index contributed by atoms with van der Waals surface area (Å²) in [6.07, 6.45) is 4.44. The molecule has 0 aliphatic rings. The highest BCUT2D eigenvalue weighted by molar-refractivity contribution is 5.77. The molecule has 0 saturated heterocycles. The minimum Gasteiger partial charge on any atom is -0.481 e. The lowest BCUT2D eigenvalue weighted by Gasteiger charge is -2.16. The lowest BCUT2D eigenvalue weighted by atomic mass is 9.89. The van der Waals surface area contributed by atoms with Crippen molar-refractivity contribution in [3.63, 3.8) is 0 Å². The molecular weight excluding hydrogens is 264 g/mol. The molecule has 0 aromatic heterocycles. The van der Waals surface area contributed by atoms with Gasteiger partial charge in [-0.25, -0.2) is 0 Å². The maximum Gasteiger partial charge on any atom is 0.307 e. The number of carbonyl (C=O) groups is 3. The topological polar surface area (TPSA) is 112 Å². The Morgan fingerprint density at radius 3 is 2.00 bits per heavy atom. The van der Waals surface area contributed by atoms with Crippen LogP contribution in [-0.4, -0.2) is 33.2 Å². The van der Waals surface area contributed by atoms with Crippen molar-refractivity contribution in [3.8, 4) is 0 Å². The van der Waals surface area contributed by atoms with Crippen LogP contribution in [0.15, 0.2) is 0 Å². The third-order valence-electron chi connectivity index (χ3n) is 3.29. The van der Waals surface area contributed by atoms with Gasteiger partial charge in [-0.05, 0) is 18.8 Å². The lowest BCUT2D eigenvalue weighted by molar-refractivity contribution is -0.148. The molecule has 0 bridgehead atoms. The summed E-state index contributed by atoms with van der Waals surface area (Å²) < 4.78 is 0. The zero-order chi connectivity index (χ0) is 15.5. The molecule has 116 valence electrons. The minimum atomic E-state index is -1.08. The van der Waals surface area contributed by atoms with Gasteiger partial charge in [-0.2, -0.15) is 0 Å². The van der Waals surface area contributed by atoms with Gasteiger partial charge in [0.2, 0.25) is 0 Å². The molecule has 6 heteroatoms. The number of carboxylic acid groups (broad SMARTS) is 3. The van der Waals surface area contributed by atoms with E-state index in [9.17, 15) is 14.4 Å². The van der Waals surface area contributed by atoms with Crippen molar-refractivity contribution in [1.29, 1.82) is 0 Å². The highest BCUT2D eigenvalue weighted by Crippen LogP contribution is 2.21. The number of carboxylic acids is 3. The van der Waals surface area contributed by atoms with E-state index in [0.717, 1.165) is 25.7 Å². The summed E-state index contributed by atoms with van der Waals surface area (Å²) >= 11 is 0. The maximum atomic E-state index is 10.9. The number of unbranched alkanes of at least 4 members (excludes halogenated alkanes) is 3. The van der Waals surface area contributed by atoms with Gasteiger partial charge in [0.25, 0.3) is 0 Å². The van der Waals surface area contributed by atoms with Gasteiger partial charge in [0.15, 0.2) is 0 Å². The van der Waals surface area contributed by atoms with E-state index in [1.54, 1.807) is 0 Å². The summed E-state index contributed by atoms with van der Waals surface area (Å²) in [6, 6.07) is 0. The highest BCUT2D eigenvalue weighted by Gasteiger charge is 2.23. The first-order chi connectivity index (χ1) is 9.32. The largest absolute Gasteiger partial charge is 0.481 e. The number of rotatable bonds is 12. The zero-order valence-corrected chi connectivity index (χ0v) is 11.9. The molecule has 6 nitrogen and oxygen atoms in total. The van der Waals surface area contributed by atoms with Crippen LogP contribution in [0.3, 0.4) is 0 Å². The lowest BCUT2D eigenvalue weighted by Crippen LogP contribution is -2.20. The summed E-state index contributed by atoms with van der Waals surface area (Å²) in [6.45, 7) is 1.93. The van der Waals surface area contributed by atoms with Gasteiger partial charge >= 0.3 is 17.9 Å². The van der Waals surface area contributed by atoms with E-state index in [4.69, 9.17) is 15.3 Å². The Morgan fingerprint density at radius 1 is 0.900 bits per heavy atom. The summed E-state index contributed by atoms with van der Waals surface area (Å²) in [4.78, 5) is 31.8. The van der Waals surface area contributed by atoms with Crippen molar-refractivity contribution in [1.82, 2.24) is 0 Å². The molecule has 0 aromatic rings. The summed E-state index contributed by atoms with van der Waals surface area (Å²) in [7, 11) is 0. The normalized spacial score (nSPS) is 13.7. The van der Waals surface area contributed by atoms with E-state index in [0.29, 0.717) is 12.8 Å². The van der Waals surface area contributed by atoms with Crippen LogP contribution in [0.25, 0.3) is 0 Å². The van der Waals surface area contributed by atoms with Gasteiger partial charge in [0.05, 0.1) is 12.3 Å². The summed E-state index contributed by atoms with van der Waals surface area (Å²) in [5.41, 5.74) is 0. The predicted molar refractivity (Wildman–Crippen MR) is 72.5 cm³/mol.